The molecule has 0 aliphatic heterocycles. The molecule has 0 saturated heterocycles. The number of benzene rings is 1. The van der Waals surface area contributed by atoms with Gasteiger partial charge in [0.25, 0.3) is 0 Å². The molecule has 3 rings (SSSR count). The molecule has 1 fully saturated rings. The summed E-state index contributed by atoms with van der Waals surface area (Å²) in [5.41, 5.74) is 1.18. The molecule has 1 saturated carbocycles. The van der Waals surface area contributed by atoms with Crippen molar-refractivity contribution in [2.45, 2.75) is 39.0 Å². The Morgan fingerprint density at radius 2 is 2.00 bits per heavy atom. The lowest BCUT2D eigenvalue weighted by molar-refractivity contribution is 0.0697. The molecule has 110 valence electrons. The summed E-state index contributed by atoms with van der Waals surface area (Å²) in [6, 6.07) is 6.48. The molecule has 1 aliphatic carbocycles. The molecule has 0 spiro atoms. The molecule has 1 N–H and O–H groups in total. The highest BCUT2D eigenvalue weighted by atomic mass is 16.4. The number of hydrogen-bond acceptors (Lipinski definition) is 4. The summed E-state index contributed by atoms with van der Waals surface area (Å²) >= 11 is 0. The van der Waals surface area contributed by atoms with Crippen LogP contribution in [0.4, 0.5) is 0 Å². The van der Waals surface area contributed by atoms with Gasteiger partial charge in [-0.05, 0) is 42.5 Å². The van der Waals surface area contributed by atoms with Gasteiger partial charge in [0.05, 0.1) is 5.56 Å². The Morgan fingerprint density at radius 1 is 1.29 bits per heavy atom. The quantitative estimate of drug-likeness (QED) is 0.930. The maximum atomic E-state index is 10.8. The molecule has 5 heteroatoms. The van der Waals surface area contributed by atoms with Crippen LogP contribution in [0.1, 0.15) is 55.3 Å². The van der Waals surface area contributed by atoms with Crippen LogP contribution >= 0.6 is 0 Å². The van der Waals surface area contributed by atoms with Crippen LogP contribution in [0.2, 0.25) is 0 Å². The van der Waals surface area contributed by atoms with E-state index < -0.39 is 5.97 Å². The van der Waals surface area contributed by atoms with Crippen molar-refractivity contribution in [3.8, 4) is 11.5 Å². The average Bonchev–Trinajstić information content (AvgIpc) is 3.04. The van der Waals surface area contributed by atoms with Gasteiger partial charge in [-0.2, -0.15) is 0 Å². The van der Waals surface area contributed by atoms with Gasteiger partial charge in [0.2, 0.25) is 11.8 Å². The number of carbonyl (C=O) groups is 1. The first kappa shape index (κ1) is 13.8. The first-order valence-electron chi connectivity index (χ1n) is 7.14. The molecule has 0 amide bonds. The van der Waals surface area contributed by atoms with Crippen molar-refractivity contribution in [2.75, 3.05) is 0 Å². The Morgan fingerprint density at radius 3 is 2.57 bits per heavy atom. The van der Waals surface area contributed by atoms with Crippen LogP contribution in [0.3, 0.4) is 0 Å². The zero-order chi connectivity index (χ0) is 15.0. The van der Waals surface area contributed by atoms with E-state index in [4.69, 9.17) is 9.52 Å². The first-order chi connectivity index (χ1) is 9.97. The van der Waals surface area contributed by atoms with E-state index in [1.807, 2.05) is 0 Å². The highest BCUT2D eigenvalue weighted by Gasteiger charge is 2.39. The van der Waals surface area contributed by atoms with Crippen molar-refractivity contribution in [3.05, 3.63) is 35.7 Å². The third kappa shape index (κ3) is 2.55. The zero-order valence-electron chi connectivity index (χ0n) is 12.2. The minimum atomic E-state index is -0.944. The van der Waals surface area contributed by atoms with Crippen LogP contribution in [0.5, 0.6) is 0 Å². The number of nitrogens with zero attached hydrogens (tertiary/aromatic N) is 2. The van der Waals surface area contributed by atoms with Crippen LogP contribution in [-0.4, -0.2) is 21.3 Å². The minimum absolute atomic E-state index is 0.191. The lowest BCUT2D eigenvalue weighted by Crippen LogP contribution is -2.15. The van der Waals surface area contributed by atoms with Crippen molar-refractivity contribution >= 4 is 5.97 Å². The number of aromatic nitrogens is 2. The molecule has 1 heterocycles. The third-order valence-electron chi connectivity index (χ3n) is 4.37. The normalized spacial score (nSPS) is 20.6. The van der Waals surface area contributed by atoms with E-state index >= 15 is 0 Å². The van der Waals surface area contributed by atoms with E-state index in [0.717, 1.165) is 12.0 Å². The maximum absolute atomic E-state index is 10.8. The van der Waals surface area contributed by atoms with Crippen molar-refractivity contribution in [2.24, 2.45) is 5.41 Å². The monoisotopic (exact) mass is 286 g/mol. The summed E-state index contributed by atoms with van der Waals surface area (Å²) < 4.78 is 5.82. The van der Waals surface area contributed by atoms with E-state index in [1.165, 1.54) is 12.8 Å². The summed E-state index contributed by atoms with van der Waals surface area (Å²) in [6.07, 6.45) is 3.43. The first-order valence-corrected chi connectivity index (χ1v) is 7.14. The molecular formula is C16H18N2O3. The van der Waals surface area contributed by atoms with E-state index in [0.29, 0.717) is 17.7 Å². The Kier molecular flexibility index (Phi) is 3.27. The summed E-state index contributed by atoms with van der Waals surface area (Å²) in [4.78, 5) is 10.8. The predicted octanol–water partition coefficient (Wildman–Crippen LogP) is 3.73. The van der Waals surface area contributed by atoms with Gasteiger partial charge in [0.1, 0.15) is 0 Å². The second-order valence-corrected chi connectivity index (χ2v) is 6.26. The molecule has 21 heavy (non-hydrogen) atoms. The fourth-order valence-corrected chi connectivity index (χ4v) is 3.03. The van der Waals surface area contributed by atoms with Gasteiger partial charge in [-0.15, -0.1) is 10.2 Å². The number of hydrogen-bond donors (Lipinski definition) is 1. The van der Waals surface area contributed by atoms with Crippen LogP contribution in [0, 0.1) is 5.41 Å². The molecule has 0 bridgehead atoms. The Bertz CT molecular complexity index is 658. The average molecular weight is 286 g/mol. The van der Waals surface area contributed by atoms with Gasteiger partial charge in [-0.1, -0.05) is 20.3 Å². The molecule has 0 radical (unpaired) electrons. The Labute approximate surface area is 123 Å². The number of rotatable bonds is 3. The summed E-state index contributed by atoms with van der Waals surface area (Å²) in [6.45, 7) is 4.46. The summed E-state index contributed by atoms with van der Waals surface area (Å²) in [5.74, 6) is 0.497. The Hall–Kier alpha value is -2.17. The predicted molar refractivity (Wildman–Crippen MR) is 77.1 cm³/mol. The maximum Gasteiger partial charge on any atom is 0.335 e. The lowest BCUT2D eigenvalue weighted by atomic mass is 9.82. The van der Waals surface area contributed by atoms with E-state index in [9.17, 15) is 4.79 Å². The largest absolute Gasteiger partial charge is 0.478 e. The highest BCUT2D eigenvalue weighted by Crippen LogP contribution is 2.48. The summed E-state index contributed by atoms with van der Waals surface area (Å²) in [5, 5.41) is 17.2. The summed E-state index contributed by atoms with van der Waals surface area (Å²) in [7, 11) is 0. The molecule has 5 nitrogen and oxygen atoms in total. The van der Waals surface area contributed by atoms with Gasteiger partial charge in [-0.3, -0.25) is 0 Å². The topological polar surface area (TPSA) is 76.2 Å². The van der Waals surface area contributed by atoms with E-state index in [-0.39, 0.29) is 11.0 Å². The fourth-order valence-electron chi connectivity index (χ4n) is 3.03. The van der Waals surface area contributed by atoms with Gasteiger partial charge in [0, 0.05) is 11.5 Å². The molecular weight excluding hydrogens is 268 g/mol. The minimum Gasteiger partial charge on any atom is -0.478 e. The molecule has 1 aromatic carbocycles. The van der Waals surface area contributed by atoms with E-state index in [1.54, 1.807) is 24.3 Å². The van der Waals surface area contributed by atoms with Gasteiger partial charge >= 0.3 is 5.97 Å². The van der Waals surface area contributed by atoms with Crippen molar-refractivity contribution in [1.82, 2.24) is 10.2 Å². The molecule has 1 aliphatic rings. The SMILES string of the molecule is CC1(C)CCCC1c1nnc(-c2ccc(C(=O)O)cc2)o1. The van der Waals surface area contributed by atoms with Crippen LogP contribution in [0.25, 0.3) is 11.5 Å². The van der Waals surface area contributed by atoms with Crippen LogP contribution in [-0.2, 0) is 0 Å². The van der Waals surface area contributed by atoms with Crippen molar-refractivity contribution in [1.29, 1.82) is 0 Å². The van der Waals surface area contributed by atoms with Gasteiger partial charge < -0.3 is 9.52 Å². The molecule has 1 aromatic heterocycles. The lowest BCUT2D eigenvalue weighted by Gasteiger charge is -2.23. The smallest absolute Gasteiger partial charge is 0.335 e. The van der Waals surface area contributed by atoms with Gasteiger partial charge in [0.15, 0.2) is 0 Å². The highest BCUT2D eigenvalue weighted by molar-refractivity contribution is 5.88. The van der Waals surface area contributed by atoms with Crippen LogP contribution < -0.4 is 0 Å². The number of aromatic carboxylic acids is 1. The van der Waals surface area contributed by atoms with E-state index in [2.05, 4.69) is 24.0 Å². The molecule has 2 aromatic rings. The third-order valence-corrected chi connectivity index (χ3v) is 4.37. The number of carboxylic acids is 1. The van der Waals surface area contributed by atoms with Crippen LogP contribution in [0.15, 0.2) is 28.7 Å². The fraction of sp³-hybridized carbons (Fsp3) is 0.438. The second kappa shape index (κ2) is 4.98. The second-order valence-electron chi connectivity index (χ2n) is 6.26. The standard InChI is InChI=1S/C16H18N2O3/c1-16(2)9-3-4-12(16)14-18-17-13(21-14)10-5-7-11(8-6-10)15(19)20/h5-8,12H,3-4,9H2,1-2H3,(H,19,20). The Balaban J connectivity index is 1.86. The molecule has 1 unspecified atom stereocenters. The van der Waals surface area contributed by atoms with Crippen molar-refractivity contribution in [3.63, 3.8) is 0 Å². The van der Waals surface area contributed by atoms with Crippen molar-refractivity contribution < 1.29 is 14.3 Å². The molecule has 1 atom stereocenters. The number of carboxylic acid groups (broad SMARTS) is 1. The van der Waals surface area contributed by atoms with Gasteiger partial charge in [-0.25, -0.2) is 4.79 Å². The zero-order valence-corrected chi connectivity index (χ0v) is 12.2.